The molecular weight excluding hydrogens is 302 g/mol. The molecular formula is C16H24ClN3O2. The Labute approximate surface area is 137 Å². The number of aromatic nitrogens is 1. The lowest BCUT2D eigenvalue weighted by molar-refractivity contribution is -0.0681. The van der Waals surface area contributed by atoms with Gasteiger partial charge in [-0.1, -0.05) is 11.6 Å². The third-order valence-electron chi connectivity index (χ3n) is 3.64. The molecule has 1 amide bonds. The number of nitrogens with zero attached hydrogens (tertiary/aromatic N) is 2. The van der Waals surface area contributed by atoms with Crippen molar-refractivity contribution in [2.75, 3.05) is 26.2 Å². The van der Waals surface area contributed by atoms with E-state index >= 15 is 0 Å². The molecule has 1 aliphatic heterocycles. The van der Waals surface area contributed by atoms with Crippen molar-refractivity contribution >= 4 is 17.5 Å². The van der Waals surface area contributed by atoms with Gasteiger partial charge in [0.2, 0.25) is 0 Å². The van der Waals surface area contributed by atoms with Crippen LogP contribution in [-0.2, 0) is 4.74 Å². The molecule has 0 bridgehead atoms. The predicted octanol–water partition coefficient (Wildman–Crippen LogP) is 2.35. The quantitative estimate of drug-likeness (QED) is 0.816. The number of halogens is 1. The Kier molecular flexibility index (Phi) is 6.61. The molecule has 22 heavy (non-hydrogen) atoms. The van der Waals surface area contributed by atoms with Crippen LogP contribution in [0.2, 0.25) is 5.02 Å². The molecule has 1 aromatic rings. The van der Waals surface area contributed by atoms with Crippen LogP contribution >= 0.6 is 11.6 Å². The number of hydrogen-bond acceptors (Lipinski definition) is 4. The monoisotopic (exact) mass is 325 g/mol. The molecule has 1 aliphatic rings. The van der Waals surface area contributed by atoms with Crippen molar-refractivity contribution in [2.24, 2.45) is 0 Å². The first-order valence-corrected chi connectivity index (χ1v) is 8.20. The molecule has 0 spiro atoms. The van der Waals surface area contributed by atoms with Crippen LogP contribution in [0, 0.1) is 0 Å². The predicted molar refractivity (Wildman–Crippen MR) is 87.3 cm³/mol. The number of hydrogen-bond donors (Lipinski definition) is 1. The van der Waals surface area contributed by atoms with Gasteiger partial charge in [-0.25, -0.2) is 4.98 Å². The van der Waals surface area contributed by atoms with Gasteiger partial charge in [0.25, 0.3) is 5.91 Å². The molecule has 6 heteroatoms. The molecule has 1 saturated heterocycles. The average molecular weight is 326 g/mol. The molecule has 0 aromatic carbocycles. The van der Waals surface area contributed by atoms with Gasteiger partial charge in [0.05, 0.1) is 17.2 Å². The summed E-state index contributed by atoms with van der Waals surface area (Å²) in [6, 6.07) is 3.30. The Morgan fingerprint density at radius 1 is 1.36 bits per heavy atom. The van der Waals surface area contributed by atoms with Gasteiger partial charge >= 0.3 is 0 Å². The summed E-state index contributed by atoms with van der Waals surface area (Å²) in [7, 11) is 0. The van der Waals surface area contributed by atoms with E-state index in [1.165, 1.54) is 6.20 Å². The average Bonchev–Trinajstić information content (AvgIpc) is 2.46. The van der Waals surface area contributed by atoms with E-state index in [1.54, 1.807) is 12.1 Å². The van der Waals surface area contributed by atoms with Crippen molar-refractivity contribution in [1.29, 1.82) is 0 Å². The highest BCUT2D eigenvalue weighted by Crippen LogP contribution is 2.11. The van der Waals surface area contributed by atoms with Crippen LogP contribution in [0.5, 0.6) is 0 Å². The van der Waals surface area contributed by atoms with Gasteiger partial charge in [0.1, 0.15) is 5.69 Å². The van der Waals surface area contributed by atoms with E-state index in [0.717, 1.165) is 32.5 Å². The number of morpholine rings is 1. The maximum absolute atomic E-state index is 11.9. The fraction of sp³-hybridized carbons (Fsp3) is 0.625. The zero-order valence-corrected chi connectivity index (χ0v) is 14.0. The van der Waals surface area contributed by atoms with Crippen LogP contribution in [0.25, 0.3) is 0 Å². The first kappa shape index (κ1) is 17.2. The maximum Gasteiger partial charge on any atom is 0.269 e. The second kappa shape index (κ2) is 8.46. The Morgan fingerprint density at radius 3 is 2.73 bits per heavy atom. The van der Waals surface area contributed by atoms with Crippen molar-refractivity contribution in [2.45, 2.75) is 38.9 Å². The lowest BCUT2D eigenvalue weighted by Gasteiger charge is -2.35. The minimum absolute atomic E-state index is 0.148. The van der Waals surface area contributed by atoms with E-state index in [-0.39, 0.29) is 5.91 Å². The van der Waals surface area contributed by atoms with E-state index in [0.29, 0.717) is 29.5 Å². The number of unbranched alkanes of at least 4 members (excludes halogenated alkanes) is 1. The van der Waals surface area contributed by atoms with E-state index in [2.05, 4.69) is 29.0 Å². The minimum atomic E-state index is -0.148. The van der Waals surface area contributed by atoms with Crippen molar-refractivity contribution in [3.05, 3.63) is 29.0 Å². The van der Waals surface area contributed by atoms with E-state index in [9.17, 15) is 4.79 Å². The van der Waals surface area contributed by atoms with Gasteiger partial charge in [0.15, 0.2) is 0 Å². The summed E-state index contributed by atoms with van der Waals surface area (Å²) < 4.78 is 5.72. The maximum atomic E-state index is 11.9. The van der Waals surface area contributed by atoms with Crippen LogP contribution in [0.1, 0.15) is 37.2 Å². The lowest BCUT2D eigenvalue weighted by atomic mass is 10.2. The first-order chi connectivity index (χ1) is 10.5. The molecule has 2 rings (SSSR count). The standard InChI is InChI=1S/C16H24ClN3O2/c1-12-10-20(11-13(2)22-12)8-4-3-7-18-16(21)15-6-5-14(17)9-19-15/h5-6,9,12-13H,3-4,7-8,10-11H2,1-2H3,(H,18,21). The number of nitrogens with one attached hydrogen (secondary N) is 1. The second-order valence-electron chi connectivity index (χ2n) is 5.84. The number of carbonyl (C=O) groups excluding carboxylic acids is 1. The van der Waals surface area contributed by atoms with Gasteiger partial charge in [-0.2, -0.15) is 0 Å². The number of pyridine rings is 1. The first-order valence-electron chi connectivity index (χ1n) is 7.82. The van der Waals surface area contributed by atoms with E-state index < -0.39 is 0 Å². The third-order valence-corrected chi connectivity index (χ3v) is 3.87. The van der Waals surface area contributed by atoms with E-state index in [1.807, 2.05) is 0 Å². The highest BCUT2D eigenvalue weighted by Gasteiger charge is 2.21. The van der Waals surface area contributed by atoms with Crippen molar-refractivity contribution in [3.63, 3.8) is 0 Å². The van der Waals surface area contributed by atoms with Crippen molar-refractivity contribution in [1.82, 2.24) is 15.2 Å². The number of carbonyl (C=O) groups is 1. The lowest BCUT2D eigenvalue weighted by Crippen LogP contribution is -2.45. The van der Waals surface area contributed by atoms with Crippen LogP contribution in [0.4, 0.5) is 0 Å². The molecule has 2 heterocycles. The van der Waals surface area contributed by atoms with Crippen molar-refractivity contribution < 1.29 is 9.53 Å². The minimum Gasteiger partial charge on any atom is -0.373 e. The number of amides is 1. The normalized spacial score (nSPS) is 22.5. The summed E-state index contributed by atoms with van der Waals surface area (Å²) in [6.07, 6.45) is 4.11. The summed E-state index contributed by atoms with van der Waals surface area (Å²) in [4.78, 5) is 18.3. The topological polar surface area (TPSA) is 54.5 Å². The Hall–Kier alpha value is -1.17. The van der Waals surface area contributed by atoms with Gasteiger partial charge in [0, 0.05) is 25.8 Å². The summed E-state index contributed by atoms with van der Waals surface area (Å²) in [5, 5.41) is 3.42. The summed E-state index contributed by atoms with van der Waals surface area (Å²) in [5.74, 6) is -0.148. The Bertz CT molecular complexity index is 471. The van der Waals surface area contributed by atoms with Crippen molar-refractivity contribution in [3.8, 4) is 0 Å². The highest BCUT2D eigenvalue weighted by molar-refractivity contribution is 6.30. The zero-order chi connectivity index (χ0) is 15.9. The third kappa shape index (κ3) is 5.55. The van der Waals surface area contributed by atoms with Crippen LogP contribution in [0.3, 0.4) is 0 Å². The van der Waals surface area contributed by atoms with E-state index in [4.69, 9.17) is 16.3 Å². The molecule has 1 N–H and O–H groups in total. The fourth-order valence-corrected chi connectivity index (χ4v) is 2.84. The molecule has 2 atom stereocenters. The molecule has 1 fully saturated rings. The van der Waals surface area contributed by atoms with Crippen LogP contribution in [0.15, 0.2) is 18.3 Å². The van der Waals surface area contributed by atoms with Crippen LogP contribution in [-0.4, -0.2) is 54.2 Å². The number of ether oxygens (including phenoxy) is 1. The van der Waals surface area contributed by atoms with Crippen LogP contribution < -0.4 is 5.32 Å². The Balaban J connectivity index is 1.61. The largest absolute Gasteiger partial charge is 0.373 e. The Morgan fingerprint density at radius 2 is 2.09 bits per heavy atom. The zero-order valence-electron chi connectivity index (χ0n) is 13.2. The SMILES string of the molecule is CC1CN(CCCCNC(=O)c2ccc(Cl)cn2)CC(C)O1. The van der Waals surface area contributed by atoms with Gasteiger partial charge in [-0.05, 0) is 45.4 Å². The second-order valence-corrected chi connectivity index (χ2v) is 6.28. The molecule has 0 aliphatic carbocycles. The molecule has 1 aromatic heterocycles. The smallest absolute Gasteiger partial charge is 0.269 e. The van der Waals surface area contributed by atoms with Gasteiger partial charge in [-0.15, -0.1) is 0 Å². The fourth-order valence-electron chi connectivity index (χ4n) is 2.73. The molecule has 5 nitrogen and oxygen atoms in total. The molecule has 0 radical (unpaired) electrons. The van der Waals surface area contributed by atoms with Gasteiger partial charge in [-0.3, -0.25) is 9.69 Å². The van der Waals surface area contributed by atoms with Gasteiger partial charge < -0.3 is 10.1 Å². The highest BCUT2D eigenvalue weighted by atomic mass is 35.5. The summed E-state index contributed by atoms with van der Waals surface area (Å²) in [6.45, 7) is 7.92. The summed E-state index contributed by atoms with van der Waals surface area (Å²) >= 11 is 5.75. The molecule has 122 valence electrons. The molecule has 2 unspecified atom stereocenters. The molecule has 0 saturated carbocycles. The number of rotatable bonds is 6. The summed E-state index contributed by atoms with van der Waals surface area (Å²) in [5.41, 5.74) is 0.403.